The Morgan fingerprint density at radius 1 is 1.33 bits per heavy atom. The van der Waals surface area contributed by atoms with Crippen molar-refractivity contribution < 1.29 is 9.53 Å². The molecule has 0 atom stereocenters. The molecule has 178 valence electrons. The number of Topliss-reactive ketones (excluding diaryl/α,β-unsaturated/α-hetero) is 1. The predicted molar refractivity (Wildman–Crippen MR) is 135 cm³/mol. The summed E-state index contributed by atoms with van der Waals surface area (Å²) in [7, 11) is 1.74. The van der Waals surface area contributed by atoms with Crippen LogP contribution in [-0.2, 0) is 16.6 Å². The maximum Gasteiger partial charge on any atom is 0.202 e. The zero-order valence-electron chi connectivity index (χ0n) is 20.5. The summed E-state index contributed by atoms with van der Waals surface area (Å²) in [6.07, 6.45) is 9.27. The standard InChI is InChI=1S/C27H35N3O2.ClH/c1-26(2)12-9-19(10-13-26)23-16-21(27(3,4)11-6-14-32-5)8-7-20(23)15-24(31)25-29-18-22(17-28)30-25;/h7-9,16,18H,6,10-15H2,1-5H3,(H,29,30);1H. The fraction of sp³-hybridized carbons (Fsp3) is 0.519. The molecule has 0 saturated heterocycles. The molecule has 0 aliphatic heterocycles. The second kappa shape index (κ2) is 11.1. The summed E-state index contributed by atoms with van der Waals surface area (Å²) in [5.41, 5.74) is 5.46. The minimum absolute atomic E-state index is 0. The lowest BCUT2D eigenvalue weighted by Crippen LogP contribution is -2.19. The molecule has 3 rings (SSSR count). The number of nitrogens with one attached hydrogen (secondary N) is 1. The maximum atomic E-state index is 12.9. The van der Waals surface area contributed by atoms with Gasteiger partial charge in [0.2, 0.25) is 5.78 Å². The Morgan fingerprint density at radius 2 is 2.09 bits per heavy atom. The molecule has 0 saturated carbocycles. The van der Waals surface area contributed by atoms with Gasteiger partial charge in [-0.05, 0) is 65.2 Å². The number of aromatic nitrogens is 2. The van der Waals surface area contributed by atoms with Crippen molar-refractivity contribution in [1.29, 1.82) is 5.26 Å². The van der Waals surface area contributed by atoms with Crippen molar-refractivity contribution >= 4 is 23.8 Å². The summed E-state index contributed by atoms with van der Waals surface area (Å²) in [5, 5.41) is 9.02. The van der Waals surface area contributed by atoms with E-state index < -0.39 is 0 Å². The van der Waals surface area contributed by atoms with Crippen LogP contribution in [0.3, 0.4) is 0 Å². The molecule has 1 aromatic heterocycles. The molecular formula is C27H36ClN3O2. The van der Waals surface area contributed by atoms with Gasteiger partial charge in [0.05, 0.1) is 6.20 Å². The molecule has 2 aromatic rings. The van der Waals surface area contributed by atoms with Crippen molar-refractivity contribution in [3.05, 3.63) is 58.7 Å². The summed E-state index contributed by atoms with van der Waals surface area (Å²) >= 11 is 0. The van der Waals surface area contributed by atoms with Crippen molar-refractivity contribution in [2.24, 2.45) is 5.41 Å². The second-order valence-electron chi connectivity index (χ2n) is 10.3. The molecule has 0 fully saturated rings. The van der Waals surface area contributed by atoms with Crippen molar-refractivity contribution in [3.8, 4) is 6.07 Å². The molecule has 5 nitrogen and oxygen atoms in total. The Hall–Kier alpha value is -2.42. The van der Waals surface area contributed by atoms with Gasteiger partial charge in [-0.25, -0.2) is 4.98 Å². The fourth-order valence-corrected chi connectivity index (χ4v) is 4.35. The van der Waals surface area contributed by atoms with Gasteiger partial charge in [-0.2, -0.15) is 5.26 Å². The van der Waals surface area contributed by atoms with E-state index in [1.165, 1.54) is 22.9 Å². The molecule has 0 bridgehead atoms. The molecule has 0 unspecified atom stereocenters. The number of hydrogen-bond donors (Lipinski definition) is 1. The molecule has 0 spiro atoms. The number of hydrogen-bond acceptors (Lipinski definition) is 4. The van der Waals surface area contributed by atoms with Crippen LogP contribution in [0.1, 0.15) is 92.8 Å². The van der Waals surface area contributed by atoms with Gasteiger partial charge < -0.3 is 9.72 Å². The Balaban J connectivity index is 0.00000385. The average Bonchev–Trinajstić information content (AvgIpc) is 3.24. The number of H-pyrrole nitrogens is 1. The van der Waals surface area contributed by atoms with Gasteiger partial charge in [-0.15, -0.1) is 12.4 Å². The highest BCUT2D eigenvalue weighted by molar-refractivity contribution is 5.95. The van der Waals surface area contributed by atoms with Crippen LogP contribution in [0.15, 0.2) is 30.5 Å². The van der Waals surface area contributed by atoms with E-state index >= 15 is 0 Å². The number of nitriles is 1. The summed E-state index contributed by atoms with van der Waals surface area (Å²) in [6, 6.07) is 8.56. The number of benzene rings is 1. The number of carbonyl (C=O) groups excluding carboxylic acids is 1. The fourth-order valence-electron chi connectivity index (χ4n) is 4.35. The topological polar surface area (TPSA) is 78.8 Å². The number of carbonyl (C=O) groups is 1. The van der Waals surface area contributed by atoms with Gasteiger partial charge in [0.15, 0.2) is 5.82 Å². The lowest BCUT2D eigenvalue weighted by molar-refractivity contribution is 0.0984. The molecule has 1 heterocycles. The molecule has 0 radical (unpaired) electrons. The lowest BCUT2D eigenvalue weighted by atomic mass is 9.74. The van der Waals surface area contributed by atoms with Gasteiger partial charge in [0, 0.05) is 20.1 Å². The zero-order valence-corrected chi connectivity index (χ0v) is 21.3. The van der Waals surface area contributed by atoms with E-state index in [-0.39, 0.29) is 35.9 Å². The molecule has 33 heavy (non-hydrogen) atoms. The number of imidazole rings is 1. The molecule has 0 amide bonds. The van der Waals surface area contributed by atoms with E-state index in [0.717, 1.165) is 44.3 Å². The number of ether oxygens (including phenoxy) is 1. The first-order valence-corrected chi connectivity index (χ1v) is 11.5. The number of halogens is 1. The van der Waals surface area contributed by atoms with Crippen LogP contribution < -0.4 is 0 Å². The quantitative estimate of drug-likeness (QED) is 0.339. The zero-order chi connectivity index (χ0) is 23.4. The molecular weight excluding hydrogens is 434 g/mol. The van der Waals surface area contributed by atoms with E-state index in [9.17, 15) is 4.79 Å². The summed E-state index contributed by atoms with van der Waals surface area (Å²) in [4.78, 5) is 19.8. The number of nitrogens with zero attached hydrogens (tertiary/aromatic N) is 2. The van der Waals surface area contributed by atoms with Crippen molar-refractivity contribution in [2.45, 2.75) is 71.6 Å². The smallest absolute Gasteiger partial charge is 0.202 e. The molecule has 1 aromatic carbocycles. The number of allylic oxidation sites excluding steroid dienone is 2. The maximum absolute atomic E-state index is 12.9. The van der Waals surface area contributed by atoms with E-state index in [1.807, 2.05) is 6.07 Å². The van der Waals surface area contributed by atoms with Crippen LogP contribution in [0.2, 0.25) is 0 Å². The first kappa shape index (κ1) is 26.8. The highest BCUT2D eigenvalue weighted by Crippen LogP contribution is 2.40. The number of aromatic amines is 1. The van der Waals surface area contributed by atoms with E-state index in [4.69, 9.17) is 10.00 Å². The van der Waals surface area contributed by atoms with Crippen LogP contribution in [0.5, 0.6) is 0 Å². The van der Waals surface area contributed by atoms with Gasteiger partial charge >= 0.3 is 0 Å². The average molecular weight is 470 g/mol. The Kier molecular flexibility index (Phi) is 9.05. The Bertz CT molecular complexity index is 1040. The first-order chi connectivity index (χ1) is 15.1. The molecule has 1 N–H and O–H groups in total. The van der Waals surface area contributed by atoms with Gasteiger partial charge in [0.25, 0.3) is 0 Å². The van der Waals surface area contributed by atoms with Gasteiger partial charge in [-0.1, -0.05) is 52.0 Å². The summed E-state index contributed by atoms with van der Waals surface area (Å²) < 4.78 is 5.25. The second-order valence-corrected chi connectivity index (χ2v) is 10.3. The van der Waals surface area contributed by atoms with Crippen LogP contribution >= 0.6 is 12.4 Å². The SMILES string of the molecule is COCCCC(C)(C)c1ccc(CC(=O)c2ncc(C#N)[nH]2)c(C2=CCC(C)(C)CC2)c1.Cl. The molecule has 1 aliphatic rings. The lowest BCUT2D eigenvalue weighted by Gasteiger charge is -2.31. The van der Waals surface area contributed by atoms with Crippen molar-refractivity contribution in [1.82, 2.24) is 9.97 Å². The third kappa shape index (κ3) is 6.79. The predicted octanol–water partition coefficient (Wildman–Crippen LogP) is 6.43. The number of rotatable bonds is 9. The minimum atomic E-state index is -0.100. The third-order valence-corrected chi connectivity index (χ3v) is 6.67. The van der Waals surface area contributed by atoms with E-state index in [0.29, 0.717) is 11.1 Å². The number of methoxy groups -OCH3 is 1. The van der Waals surface area contributed by atoms with E-state index in [2.05, 4.69) is 61.9 Å². The Morgan fingerprint density at radius 3 is 2.70 bits per heavy atom. The highest BCUT2D eigenvalue weighted by atomic mass is 35.5. The normalized spacial score (nSPS) is 15.3. The van der Waals surface area contributed by atoms with Crippen LogP contribution in [0, 0.1) is 16.7 Å². The molecule has 1 aliphatic carbocycles. The van der Waals surface area contributed by atoms with Crippen LogP contribution in [-0.4, -0.2) is 29.5 Å². The Labute approximate surface area is 204 Å². The minimum Gasteiger partial charge on any atom is -0.385 e. The van der Waals surface area contributed by atoms with Crippen molar-refractivity contribution in [3.63, 3.8) is 0 Å². The van der Waals surface area contributed by atoms with Gasteiger partial charge in [0.1, 0.15) is 11.8 Å². The van der Waals surface area contributed by atoms with E-state index in [1.54, 1.807) is 7.11 Å². The summed E-state index contributed by atoms with van der Waals surface area (Å²) in [5.74, 6) is 0.145. The largest absolute Gasteiger partial charge is 0.385 e. The third-order valence-electron chi connectivity index (χ3n) is 6.67. The van der Waals surface area contributed by atoms with Crippen LogP contribution in [0.25, 0.3) is 5.57 Å². The highest BCUT2D eigenvalue weighted by Gasteiger charge is 2.26. The van der Waals surface area contributed by atoms with Crippen LogP contribution in [0.4, 0.5) is 0 Å². The summed E-state index contributed by atoms with van der Waals surface area (Å²) in [6.45, 7) is 9.93. The molecule has 6 heteroatoms. The first-order valence-electron chi connectivity index (χ1n) is 11.5. The number of ketones is 1. The van der Waals surface area contributed by atoms with Crippen molar-refractivity contribution in [2.75, 3.05) is 13.7 Å². The monoisotopic (exact) mass is 469 g/mol. The van der Waals surface area contributed by atoms with Gasteiger partial charge in [-0.3, -0.25) is 4.79 Å².